The molecule has 2 N–H and O–H groups in total. The number of rotatable bonds is 3. The molecule has 1 saturated heterocycles. The summed E-state index contributed by atoms with van der Waals surface area (Å²) in [6, 6.07) is 0. The van der Waals surface area contributed by atoms with E-state index in [1.165, 1.54) is 12.8 Å². The molecule has 2 aliphatic rings. The van der Waals surface area contributed by atoms with E-state index in [9.17, 15) is 4.39 Å². The fraction of sp³-hybridized carbons (Fsp3) is 1.00. The second kappa shape index (κ2) is 4.85. The van der Waals surface area contributed by atoms with Gasteiger partial charge in [0.1, 0.15) is 5.67 Å². The number of halogens is 1. The van der Waals surface area contributed by atoms with Gasteiger partial charge in [-0.2, -0.15) is 0 Å². The van der Waals surface area contributed by atoms with Crippen molar-refractivity contribution in [3.63, 3.8) is 0 Å². The lowest BCUT2D eigenvalue weighted by atomic mass is 9.71. The lowest BCUT2D eigenvalue weighted by Crippen LogP contribution is -2.51. The minimum atomic E-state index is -1.21. The second-order valence-corrected chi connectivity index (χ2v) is 6.21. The third-order valence-corrected chi connectivity index (χ3v) is 4.96. The van der Waals surface area contributed by atoms with Gasteiger partial charge in [0.25, 0.3) is 0 Å². The molecule has 0 aromatic carbocycles. The summed E-state index contributed by atoms with van der Waals surface area (Å²) in [5.74, 6) is 0.0772. The quantitative estimate of drug-likeness (QED) is 0.827. The fourth-order valence-corrected chi connectivity index (χ4v) is 3.68. The van der Waals surface area contributed by atoms with Crippen LogP contribution in [0.5, 0.6) is 0 Å². The molecule has 1 spiro atoms. The molecule has 2 atom stereocenters. The molecular weight excluding hydrogens is 217 g/mol. The van der Waals surface area contributed by atoms with Gasteiger partial charge in [-0.1, -0.05) is 26.7 Å². The molecule has 0 aromatic rings. The Morgan fingerprint density at radius 1 is 1.41 bits per heavy atom. The van der Waals surface area contributed by atoms with Crippen LogP contribution in [0.1, 0.15) is 52.4 Å². The Bertz CT molecular complexity index is 263. The lowest BCUT2D eigenvalue weighted by molar-refractivity contribution is -0.127. The van der Waals surface area contributed by atoms with Crippen molar-refractivity contribution in [1.82, 2.24) is 0 Å². The predicted molar refractivity (Wildman–Crippen MR) is 67.6 cm³/mol. The highest BCUT2D eigenvalue weighted by Crippen LogP contribution is 2.47. The third-order valence-electron chi connectivity index (χ3n) is 4.96. The van der Waals surface area contributed by atoms with Crippen LogP contribution in [0.3, 0.4) is 0 Å². The Balaban J connectivity index is 2.10. The molecule has 1 aliphatic heterocycles. The van der Waals surface area contributed by atoms with Crippen molar-refractivity contribution in [2.45, 2.75) is 63.6 Å². The smallest absolute Gasteiger partial charge is 0.128 e. The average molecular weight is 243 g/mol. The van der Waals surface area contributed by atoms with Gasteiger partial charge in [0.15, 0.2) is 0 Å². The molecule has 1 aliphatic carbocycles. The van der Waals surface area contributed by atoms with Crippen LogP contribution in [-0.2, 0) is 4.74 Å². The molecule has 1 heterocycles. The molecule has 2 fully saturated rings. The summed E-state index contributed by atoms with van der Waals surface area (Å²) >= 11 is 0. The van der Waals surface area contributed by atoms with Crippen LogP contribution in [0.4, 0.5) is 4.39 Å². The summed E-state index contributed by atoms with van der Waals surface area (Å²) < 4.78 is 21.0. The average Bonchev–Trinajstić information content (AvgIpc) is 2.76. The number of hydrogen-bond donors (Lipinski definition) is 1. The number of nitrogens with two attached hydrogens (primary N) is 1. The monoisotopic (exact) mass is 243 g/mol. The number of ether oxygens (including phenoxy) is 1. The third kappa shape index (κ3) is 2.37. The Hall–Kier alpha value is -0.150. The minimum absolute atomic E-state index is 0.00551. The summed E-state index contributed by atoms with van der Waals surface area (Å²) in [6.07, 6.45) is 6.39. The summed E-state index contributed by atoms with van der Waals surface area (Å²) in [6.45, 7) is 4.75. The van der Waals surface area contributed by atoms with E-state index in [0.717, 1.165) is 25.7 Å². The number of hydrogen-bond acceptors (Lipinski definition) is 2. The first-order valence-corrected chi connectivity index (χ1v) is 7.05. The van der Waals surface area contributed by atoms with Gasteiger partial charge in [0.2, 0.25) is 0 Å². The predicted octanol–water partition coefficient (Wildman–Crippen LogP) is 3.05. The van der Waals surface area contributed by atoms with E-state index < -0.39 is 5.67 Å². The van der Waals surface area contributed by atoms with Crippen LogP contribution in [-0.4, -0.2) is 24.4 Å². The van der Waals surface area contributed by atoms with Gasteiger partial charge in [0, 0.05) is 13.2 Å². The molecule has 2 rings (SSSR count). The molecule has 1 saturated carbocycles. The molecule has 17 heavy (non-hydrogen) atoms. The zero-order valence-electron chi connectivity index (χ0n) is 11.2. The van der Waals surface area contributed by atoms with Crippen LogP contribution in [0.15, 0.2) is 0 Å². The zero-order chi connectivity index (χ0) is 12.5. The largest absolute Gasteiger partial charge is 0.375 e. The van der Waals surface area contributed by atoms with Gasteiger partial charge in [-0.05, 0) is 37.5 Å². The van der Waals surface area contributed by atoms with Crippen LogP contribution in [0.2, 0.25) is 0 Å². The van der Waals surface area contributed by atoms with Crippen LogP contribution in [0.25, 0.3) is 0 Å². The summed E-state index contributed by atoms with van der Waals surface area (Å²) in [4.78, 5) is 0. The first-order valence-electron chi connectivity index (χ1n) is 7.05. The Kier molecular flexibility index (Phi) is 3.79. The molecule has 0 bridgehead atoms. The van der Waals surface area contributed by atoms with Gasteiger partial charge in [-0.3, -0.25) is 0 Å². The molecule has 3 heteroatoms. The Morgan fingerprint density at radius 3 is 2.59 bits per heavy atom. The summed E-state index contributed by atoms with van der Waals surface area (Å²) in [5.41, 5.74) is 4.49. The summed E-state index contributed by atoms with van der Waals surface area (Å²) in [7, 11) is 0. The van der Waals surface area contributed by atoms with Crippen molar-refractivity contribution in [1.29, 1.82) is 0 Å². The van der Waals surface area contributed by atoms with E-state index in [-0.39, 0.29) is 24.0 Å². The number of alkyl halides is 1. The molecular formula is C14H26FNO. The Labute approximate surface area is 104 Å². The molecule has 0 aromatic heterocycles. The van der Waals surface area contributed by atoms with Crippen molar-refractivity contribution in [3.8, 4) is 0 Å². The first kappa shape index (κ1) is 13.3. The highest BCUT2D eigenvalue weighted by Gasteiger charge is 2.48. The van der Waals surface area contributed by atoms with E-state index in [2.05, 4.69) is 0 Å². The van der Waals surface area contributed by atoms with Gasteiger partial charge in [-0.25, -0.2) is 4.39 Å². The maximum absolute atomic E-state index is 15.0. The first-order chi connectivity index (χ1) is 8.02. The van der Waals surface area contributed by atoms with E-state index in [0.29, 0.717) is 6.61 Å². The summed E-state index contributed by atoms with van der Waals surface area (Å²) in [5, 5.41) is 0. The maximum Gasteiger partial charge on any atom is 0.128 e. The fourth-order valence-electron chi connectivity index (χ4n) is 3.68. The van der Waals surface area contributed by atoms with E-state index in [4.69, 9.17) is 10.5 Å². The molecule has 0 amide bonds. The van der Waals surface area contributed by atoms with E-state index >= 15 is 0 Å². The zero-order valence-corrected chi connectivity index (χ0v) is 11.2. The van der Waals surface area contributed by atoms with E-state index in [1.54, 1.807) is 0 Å². The SMILES string of the molecule is CC(C)C(F)(CN)C1CCOC2(CCCC2)C1. The second-order valence-electron chi connectivity index (χ2n) is 6.21. The molecule has 0 radical (unpaired) electrons. The van der Waals surface area contributed by atoms with Gasteiger partial charge >= 0.3 is 0 Å². The van der Waals surface area contributed by atoms with Crippen molar-refractivity contribution >= 4 is 0 Å². The van der Waals surface area contributed by atoms with Crippen LogP contribution in [0, 0.1) is 11.8 Å². The van der Waals surface area contributed by atoms with Crippen LogP contribution >= 0.6 is 0 Å². The standard InChI is InChI=1S/C14H26FNO/c1-11(2)14(15,10-16)12-5-8-17-13(9-12)6-3-4-7-13/h11-12H,3-10,16H2,1-2H3. The van der Waals surface area contributed by atoms with Crippen molar-refractivity contribution in [2.75, 3.05) is 13.2 Å². The van der Waals surface area contributed by atoms with Crippen molar-refractivity contribution in [3.05, 3.63) is 0 Å². The van der Waals surface area contributed by atoms with Crippen molar-refractivity contribution in [2.24, 2.45) is 17.6 Å². The molecule has 100 valence electrons. The minimum Gasteiger partial charge on any atom is -0.375 e. The van der Waals surface area contributed by atoms with Gasteiger partial charge < -0.3 is 10.5 Å². The lowest BCUT2D eigenvalue weighted by Gasteiger charge is -2.45. The molecule has 2 unspecified atom stereocenters. The maximum atomic E-state index is 15.0. The van der Waals surface area contributed by atoms with Crippen molar-refractivity contribution < 1.29 is 9.13 Å². The molecule has 2 nitrogen and oxygen atoms in total. The van der Waals surface area contributed by atoms with E-state index in [1.807, 2.05) is 13.8 Å². The topological polar surface area (TPSA) is 35.2 Å². The van der Waals surface area contributed by atoms with Crippen LogP contribution < -0.4 is 5.73 Å². The van der Waals surface area contributed by atoms with Gasteiger partial charge in [0.05, 0.1) is 5.60 Å². The highest BCUT2D eigenvalue weighted by atomic mass is 19.1. The normalized spacial score (nSPS) is 31.9. The van der Waals surface area contributed by atoms with Gasteiger partial charge in [-0.15, -0.1) is 0 Å². The Morgan fingerprint density at radius 2 is 2.06 bits per heavy atom. The highest BCUT2D eigenvalue weighted by molar-refractivity contribution is 4.99.